The summed E-state index contributed by atoms with van der Waals surface area (Å²) < 4.78 is 43.4. The Bertz CT molecular complexity index is 498. The van der Waals surface area contributed by atoms with Crippen LogP contribution in [0.15, 0.2) is 37.4 Å². The average molecular weight is 415 g/mol. The first-order valence-corrected chi connectivity index (χ1v) is 9.20. The van der Waals surface area contributed by atoms with Gasteiger partial charge in [-0.1, -0.05) is 45.4 Å². The van der Waals surface area contributed by atoms with Crippen molar-refractivity contribution in [2.75, 3.05) is 0 Å². The van der Waals surface area contributed by atoms with Gasteiger partial charge in [-0.05, 0) is 12.8 Å². The van der Waals surface area contributed by atoms with Crippen molar-refractivity contribution in [2.45, 2.75) is 64.8 Å². The molecule has 4 nitrogen and oxygen atoms in total. The molecule has 10 heteroatoms. The number of aryl methyl sites for hydroxylation is 2. The lowest BCUT2D eigenvalue weighted by atomic mass is 10.1. The number of imidazole rings is 2. The summed E-state index contributed by atoms with van der Waals surface area (Å²) in [5, 5.41) is 0. The third-order valence-electron chi connectivity index (χ3n) is 3.54. The van der Waals surface area contributed by atoms with Gasteiger partial charge in [-0.3, -0.25) is 9.97 Å². The first-order chi connectivity index (χ1) is 12.3. The van der Waals surface area contributed by atoms with Gasteiger partial charge >= 0.3 is 7.25 Å². The lowest BCUT2D eigenvalue weighted by Gasteiger charge is -2.00. The molecule has 0 aliphatic heterocycles. The van der Waals surface area contributed by atoms with E-state index in [4.69, 9.17) is 0 Å². The Labute approximate surface area is 165 Å². The average Bonchev–Trinajstić information content (AvgIpc) is 3.23. The van der Waals surface area contributed by atoms with E-state index >= 15 is 0 Å². The zero-order valence-corrected chi connectivity index (χ0v) is 16.9. The van der Waals surface area contributed by atoms with Crippen molar-refractivity contribution < 1.29 is 39.2 Å². The first-order valence-electron chi connectivity index (χ1n) is 9.20. The van der Waals surface area contributed by atoms with E-state index in [0.29, 0.717) is 0 Å². The number of nitrogens with one attached hydrogen (secondary N) is 2. The van der Waals surface area contributed by atoms with Crippen molar-refractivity contribution in [3.63, 3.8) is 0 Å². The lowest BCUT2D eigenvalue weighted by molar-refractivity contribution is -0.671. The highest BCUT2D eigenvalue weighted by Crippen LogP contribution is 2.09. The summed E-state index contributed by atoms with van der Waals surface area (Å²) in [7, 11) is -3.93. The standard InChI is InChI=1S/C14H27N2.C3H4N2.BF4.ClH/c1-3-4-5-6-7-8-9-10-11-16-13-12-15(2)14-16;1-2-5-3-4-1;2-1(3,4)5;/h12-14H,3-11H2,1-2H3;1-3H,(H,4,5);;1H/q+1;;-1;. The van der Waals surface area contributed by atoms with Gasteiger partial charge in [0, 0.05) is 0 Å². The molecule has 0 spiro atoms. The van der Waals surface area contributed by atoms with Crippen molar-refractivity contribution in [3.05, 3.63) is 37.4 Å². The van der Waals surface area contributed by atoms with Gasteiger partial charge in [0.15, 0.2) is 0 Å². The van der Waals surface area contributed by atoms with Crippen molar-refractivity contribution >= 4 is 7.25 Å². The molecule has 0 atom stereocenters. The number of aromatic amines is 2. The van der Waals surface area contributed by atoms with Crippen molar-refractivity contribution in [1.82, 2.24) is 9.55 Å². The van der Waals surface area contributed by atoms with Crippen LogP contribution < -0.4 is 22.0 Å². The number of halogens is 5. The SMILES string of the molecule is CCCCCCCCCCn1cc[n+](C)c1.F[B-](F)(F)F.[Cl-].c1c[nH+]c[nH]1. The molecule has 0 aliphatic carbocycles. The largest absolute Gasteiger partial charge is 1.00 e. The topological polar surface area (TPSA) is 38.7 Å². The molecule has 0 radical (unpaired) electrons. The Kier molecular flexibility index (Phi) is 18.4. The number of nitrogens with zero attached hydrogens (tertiary/aromatic N) is 2. The van der Waals surface area contributed by atoms with E-state index in [1.807, 2.05) is 12.4 Å². The maximum atomic E-state index is 9.75. The van der Waals surface area contributed by atoms with Crippen LogP contribution in [0, 0.1) is 0 Å². The van der Waals surface area contributed by atoms with Gasteiger partial charge in [-0.15, -0.1) is 0 Å². The summed E-state index contributed by atoms with van der Waals surface area (Å²) in [5.74, 6) is 0. The van der Waals surface area contributed by atoms with Crippen LogP contribution in [-0.4, -0.2) is 16.8 Å². The molecular weight excluding hydrogens is 382 g/mol. The number of H-pyrrole nitrogens is 2. The second-order valence-corrected chi connectivity index (χ2v) is 6.10. The summed E-state index contributed by atoms with van der Waals surface area (Å²) in [4.78, 5) is 5.61. The van der Waals surface area contributed by atoms with Crippen LogP contribution in [0.2, 0.25) is 0 Å². The number of aromatic nitrogens is 4. The molecule has 0 unspecified atom stereocenters. The monoisotopic (exact) mass is 414 g/mol. The van der Waals surface area contributed by atoms with Crippen molar-refractivity contribution in [1.29, 1.82) is 0 Å². The van der Waals surface area contributed by atoms with E-state index in [1.54, 1.807) is 6.33 Å². The van der Waals surface area contributed by atoms with Gasteiger partial charge in [-0.2, -0.15) is 0 Å². The quantitative estimate of drug-likeness (QED) is 0.280. The van der Waals surface area contributed by atoms with Gasteiger partial charge in [-0.25, -0.2) is 9.13 Å². The van der Waals surface area contributed by atoms with Crippen molar-refractivity contribution in [3.8, 4) is 0 Å². The second-order valence-electron chi connectivity index (χ2n) is 6.10. The van der Waals surface area contributed by atoms with Crippen LogP contribution in [0.3, 0.4) is 0 Å². The predicted octanol–water partition coefficient (Wildman–Crippen LogP) is 1.59. The molecule has 0 aromatic carbocycles. The molecular formula is C17H32BClF4N4. The maximum Gasteiger partial charge on any atom is 0.673 e. The van der Waals surface area contributed by atoms with E-state index < -0.39 is 7.25 Å². The molecule has 0 aliphatic rings. The number of hydrogen-bond donors (Lipinski definition) is 1. The number of unbranched alkanes of at least 4 members (excludes halogenated alkanes) is 7. The third-order valence-corrected chi connectivity index (χ3v) is 3.54. The van der Waals surface area contributed by atoms with Crippen LogP contribution in [0.4, 0.5) is 17.3 Å². The minimum Gasteiger partial charge on any atom is -1.00 e. The number of rotatable bonds is 9. The molecule has 0 saturated carbocycles. The maximum absolute atomic E-state index is 9.75. The molecule has 2 aromatic rings. The van der Waals surface area contributed by atoms with Crippen LogP contribution >= 0.6 is 0 Å². The second kappa shape index (κ2) is 17.9. The Morgan fingerprint density at radius 2 is 1.56 bits per heavy atom. The molecule has 2 aromatic heterocycles. The highest BCUT2D eigenvalue weighted by atomic mass is 35.5. The molecule has 0 bridgehead atoms. The third kappa shape index (κ3) is 24.5. The molecule has 0 saturated heterocycles. The van der Waals surface area contributed by atoms with Crippen LogP contribution in [0.5, 0.6) is 0 Å². The zero-order chi connectivity index (χ0) is 19.7. The first kappa shape index (κ1) is 27.7. The van der Waals surface area contributed by atoms with Crippen LogP contribution in [0.1, 0.15) is 58.3 Å². The Morgan fingerprint density at radius 3 is 1.93 bits per heavy atom. The van der Waals surface area contributed by atoms with Gasteiger partial charge in [0.25, 0.3) is 0 Å². The summed E-state index contributed by atoms with van der Waals surface area (Å²) >= 11 is 0. The summed E-state index contributed by atoms with van der Waals surface area (Å²) in [6.07, 6.45) is 23.0. The van der Waals surface area contributed by atoms with E-state index in [-0.39, 0.29) is 12.4 Å². The Morgan fingerprint density at radius 1 is 1.00 bits per heavy atom. The van der Waals surface area contributed by atoms with Crippen molar-refractivity contribution in [2.24, 2.45) is 7.05 Å². The van der Waals surface area contributed by atoms with Gasteiger partial charge in [0.05, 0.1) is 13.6 Å². The van der Waals surface area contributed by atoms with Crippen LogP contribution in [0.25, 0.3) is 0 Å². The normalized spacial score (nSPS) is 10.1. The summed E-state index contributed by atoms with van der Waals surface area (Å²) in [5.41, 5.74) is 0. The molecule has 0 fully saturated rings. The fourth-order valence-electron chi connectivity index (χ4n) is 2.30. The minimum atomic E-state index is -6.00. The van der Waals surface area contributed by atoms with Crippen LogP contribution in [-0.2, 0) is 13.6 Å². The summed E-state index contributed by atoms with van der Waals surface area (Å²) in [6, 6.07) is 0. The van der Waals surface area contributed by atoms with E-state index in [0.717, 1.165) is 0 Å². The van der Waals surface area contributed by atoms with E-state index in [1.165, 1.54) is 57.9 Å². The minimum absolute atomic E-state index is 0. The molecule has 0 amide bonds. The smallest absolute Gasteiger partial charge is 0.673 e. The van der Waals surface area contributed by atoms with Gasteiger partial charge in [0.1, 0.15) is 24.8 Å². The fraction of sp³-hybridized carbons (Fsp3) is 0.647. The highest BCUT2D eigenvalue weighted by molar-refractivity contribution is 6.50. The molecule has 2 N–H and O–H groups in total. The molecule has 27 heavy (non-hydrogen) atoms. The number of hydrogen-bond acceptors (Lipinski definition) is 0. The predicted molar refractivity (Wildman–Crippen MR) is 95.8 cm³/mol. The Hall–Kier alpha value is -1.51. The molecule has 158 valence electrons. The van der Waals surface area contributed by atoms with Gasteiger partial charge < -0.3 is 29.7 Å². The molecule has 2 rings (SSSR count). The summed E-state index contributed by atoms with van der Waals surface area (Å²) in [6.45, 7) is 3.45. The van der Waals surface area contributed by atoms with E-state index in [9.17, 15) is 17.3 Å². The Balaban J connectivity index is 0. The van der Waals surface area contributed by atoms with Gasteiger partial charge in [0.2, 0.25) is 12.7 Å². The lowest BCUT2D eigenvalue weighted by Crippen LogP contribution is -3.00. The van der Waals surface area contributed by atoms with E-state index in [2.05, 4.69) is 51.8 Å². The zero-order valence-electron chi connectivity index (χ0n) is 16.2. The fourth-order valence-corrected chi connectivity index (χ4v) is 2.30. The highest BCUT2D eigenvalue weighted by Gasteiger charge is 2.20. The molecule has 2 heterocycles.